The number of hydrogen-bond acceptors (Lipinski definition) is 1. The molecule has 4 heteroatoms. The molecule has 2 rings (SSSR count). The van der Waals surface area contributed by atoms with Crippen LogP contribution in [0.1, 0.15) is 5.56 Å². The molecule has 15 heavy (non-hydrogen) atoms. The van der Waals surface area contributed by atoms with Gasteiger partial charge in [0.1, 0.15) is 5.82 Å². The lowest BCUT2D eigenvalue weighted by Crippen LogP contribution is -2.10. The molecule has 2 aromatic rings. The van der Waals surface area contributed by atoms with Crippen molar-refractivity contribution in [3.05, 3.63) is 35.5 Å². The van der Waals surface area contributed by atoms with Gasteiger partial charge < -0.3 is 10.3 Å². The van der Waals surface area contributed by atoms with E-state index >= 15 is 0 Å². The van der Waals surface area contributed by atoms with Gasteiger partial charge in [-0.05, 0) is 26.1 Å². The van der Waals surface area contributed by atoms with Crippen LogP contribution in [0.25, 0.3) is 10.9 Å². The van der Waals surface area contributed by atoms with Gasteiger partial charge >= 0.3 is 0 Å². The van der Waals surface area contributed by atoms with Gasteiger partial charge in [-0.25, -0.2) is 4.39 Å². The zero-order valence-electron chi connectivity index (χ0n) is 8.40. The monoisotopic (exact) mass is 210 g/mol. The summed E-state index contributed by atoms with van der Waals surface area (Å²) in [4.78, 5) is 2.43. The fourth-order valence-electron chi connectivity index (χ4n) is 1.70. The van der Waals surface area contributed by atoms with Gasteiger partial charge in [-0.3, -0.25) is 0 Å². The highest BCUT2D eigenvalue weighted by Gasteiger charge is 2.12. The molecule has 0 spiro atoms. The van der Waals surface area contributed by atoms with Gasteiger partial charge in [-0.1, -0.05) is 12.1 Å². The topological polar surface area (TPSA) is 27.8 Å². The summed E-state index contributed by atoms with van der Waals surface area (Å²) < 4.78 is 26.7. The molecule has 1 aromatic carbocycles. The molecule has 1 aromatic heterocycles. The van der Waals surface area contributed by atoms with Crippen molar-refractivity contribution in [2.24, 2.45) is 0 Å². The average molecular weight is 210 g/mol. The van der Waals surface area contributed by atoms with E-state index in [0.29, 0.717) is 23.9 Å². The molecule has 0 aliphatic carbocycles. The molecule has 0 radical (unpaired) electrons. The van der Waals surface area contributed by atoms with Crippen LogP contribution >= 0.6 is 0 Å². The summed E-state index contributed by atoms with van der Waals surface area (Å²) in [5, 5.41) is 3.57. The van der Waals surface area contributed by atoms with Crippen LogP contribution in [0.5, 0.6) is 0 Å². The average Bonchev–Trinajstić information content (AvgIpc) is 2.54. The second-order valence-electron chi connectivity index (χ2n) is 3.43. The molecule has 0 atom stereocenters. The summed E-state index contributed by atoms with van der Waals surface area (Å²) in [5.41, 5.74) is 0.792. The third kappa shape index (κ3) is 1.72. The number of likely N-dealkylation sites (N-methyl/N-ethyl adjacent to an activating group) is 1. The fourth-order valence-corrected chi connectivity index (χ4v) is 1.70. The minimum Gasteiger partial charge on any atom is -0.329 e. The minimum atomic E-state index is -0.439. The maximum absolute atomic E-state index is 13.5. The van der Waals surface area contributed by atoms with Crippen LogP contribution in [-0.2, 0) is 6.42 Å². The van der Waals surface area contributed by atoms with Crippen molar-refractivity contribution in [2.45, 2.75) is 6.42 Å². The highest BCUT2D eigenvalue weighted by molar-refractivity contribution is 5.83. The van der Waals surface area contributed by atoms with Crippen LogP contribution < -0.4 is 5.32 Å². The van der Waals surface area contributed by atoms with Gasteiger partial charge in [0.2, 0.25) is 0 Å². The van der Waals surface area contributed by atoms with Crippen LogP contribution in [0.4, 0.5) is 8.78 Å². The van der Waals surface area contributed by atoms with Crippen LogP contribution in [0, 0.1) is 11.8 Å². The summed E-state index contributed by atoms with van der Waals surface area (Å²) in [6.07, 6.45) is 0.547. The number of fused-ring (bicyclic) bond motifs is 1. The van der Waals surface area contributed by atoms with E-state index in [-0.39, 0.29) is 5.52 Å². The molecule has 0 unspecified atom stereocenters. The number of rotatable bonds is 3. The number of benzene rings is 1. The van der Waals surface area contributed by atoms with E-state index in [0.717, 1.165) is 0 Å². The molecular formula is C11H12F2N2. The second-order valence-corrected chi connectivity index (χ2v) is 3.43. The standard InChI is InChI=1S/C11H12F2N2/c1-14-6-5-8-7-3-2-4-9(12)10(7)15-11(8)13/h2-4,14-15H,5-6H2,1H3. The first-order chi connectivity index (χ1) is 7.24. The molecule has 2 nitrogen and oxygen atoms in total. The Hall–Kier alpha value is -1.42. The van der Waals surface area contributed by atoms with Crippen LogP contribution in [0.15, 0.2) is 18.2 Å². The van der Waals surface area contributed by atoms with Crippen molar-refractivity contribution in [2.75, 3.05) is 13.6 Å². The lowest BCUT2D eigenvalue weighted by atomic mass is 10.1. The van der Waals surface area contributed by atoms with Gasteiger partial charge in [-0.2, -0.15) is 4.39 Å². The fraction of sp³-hybridized carbons (Fsp3) is 0.273. The predicted octanol–water partition coefficient (Wildman–Crippen LogP) is 2.21. The van der Waals surface area contributed by atoms with Gasteiger partial charge in [0.05, 0.1) is 5.52 Å². The highest BCUT2D eigenvalue weighted by Crippen LogP contribution is 2.23. The van der Waals surface area contributed by atoms with Gasteiger partial charge in [-0.15, -0.1) is 0 Å². The van der Waals surface area contributed by atoms with Crippen molar-refractivity contribution in [3.8, 4) is 0 Å². The van der Waals surface area contributed by atoms with Crippen molar-refractivity contribution >= 4 is 10.9 Å². The molecule has 2 N–H and O–H groups in total. The normalized spacial score (nSPS) is 11.1. The molecule has 0 saturated heterocycles. The lowest BCUT2D eigenvalue weighted by Gasteiger charge is -1.98. The molecule has 0 saturated carbocycles. The molecule has 1 heterocycles. The van der Waals surface area contributed by atoms with Crippen LogP contribution in [0.2, 0.25) is 0 Å². The van der Waals surface area contributed by atoms with Crippen molar-refractivity contribution < 1.29 is 8.78 Å². The third-order valence-corrected chi connectivity index (χ3v) is 2.46. The number of aromatic nitrogens is 1. The maximum atomic E-state index is 13.5. The second kappa shape index (κ2) is 3.98. The summed E-state index contributed by atoms with van der Waals surface area (Å²) >= 11 is 0. The van der Waals surface area contributed by atoms with Crippen molar-refractivity contribution in [1.82, 2.24) is 10.3 Å². The van der Waals surface area contributed by atoms with E-state index in [4.69, 9.17) is 0 Å². The largest absolute Gasteiger partial charge is 0.329 e. The Morgan fingerprint density at radius 3 is 2.87 bits per heavy atom. The van der Waals surface area contributed by atoms with Gasteiger partial charge in [0.25, 0.3) is 0 Å². The maximum Gasteiger partial charge on any atom is 0.195 e. The number of aromatic amines is 1. The Labute approximate surface area is 86.3 Å². The Balaban J connectivity index is 2.53. The predicted molar refractivity (Wildman–Crippen MR) is 55.8 cm³/mol. The Morgan fingerprint density at radius 2 is 2.13 bits per heavy atom. The molecule has 0 bridgehead atoms. The van der Waals surface area contributed by atoms with Gasteiger partial charge in [0, 0.05) is 10.9 Å². The smallest absolute Gasteiger partial charge is 0.195 e. The molecule has 80 valence electrons. The van der Waals surface area contributed by atoms with E-state index in [1.165, 1.54) is 6.07 Å². The summed E-state index contributed by atoms with van der Waals surface area (Å²) in [5.74, 6) is -0.854. The third-order valence-electron chi connectivity index (χ3n) is 2.46. The summed E-state index contributed by atoms with van der Waals surface area (Å²) in [7, 11) is 1.80. The SMILES string of the molecule is CNCCc1c(F)[nH]c2c(F)cccc12. The van der Waals surface area contributed by atoms with Crippen molar-refractivity contribution in [3.63, 3.8) is 0 Å². The van der Waals surface area contributed by atoms with Crippen molar-refractivity contribution in [1.29, 1.82) is 0 Å². The van der Waals surface area contributed by atoms with E-state index < -0.39 is 11.8 Å². The van der Waals surface area contributed by atoms with Crippen LogP contribution in [0.3, 0.4) is 0 Å². The molecule has 0 fully saturated rings. The lowest BCUT2D eigenvalue weighted by molar-refractivity contribution is 0.573. The molecule has 0 amide bonds. The van der Waals surface area contributed by atoms with E-state index in [1.807, 2.05) is 0 Å². The Morgan fingerprint density at radius 1 is 1.33 bits per heavy atom. The first kappa shape index (κ1) is 10.1. The first-order valence-corrected chi connectivity index (χ1v) is 4.83. The molecular weight excluding hydrogens is 198 g/mol. The number of halogens is 2. The number of H-pyrrole nitrogens is 1. The van der Waals surface area contributed by atoms with Crippen LogP contribution in [-0.4, -0.2) is 18.6 Å². The summed E-state index contributed by atoms with van der Waals surface area (Å²) in [6.45, 7) is 0.667. The zero-order chi connectivity index (χ0) is 10.8. The molecule has 0 aliphatic rings. The highest BCUT2D eigenvalue weighted by atomic mass is 19.1. The van der Waals surface area contributed by atoms with E-state index in [9.17, 15) is 8.78 Å². The number of nitrogens with one attached hydrogen (secondary N) is 2. The van der Waals surface area contributed by atoms with E-state index in [2.05, 4.69) is 10.3 Å². The minimum absolute atomic E-state index is 0.251. The Kier molecular flexibility index (Phi) is 2.68. The van der Waals surface area contributed by atoms with E-state index in [1.54, 1.807) is 19.2 Å². The Bertz CT molecular complexity index is 477. The molecule has 0 aliphatic heterocycles. The quantitative estimate of drug-likeness (QED) is 0.798. The summed E-state index contributed by atoms with van der Waals surface area (Å²) in [6, 6.07) is 4.64. The zero-order valence-corrected chi connectivity index (χ0v) is 8.40. The number of para-hydroxylation sites is 1. The van der Waals surface area contributed by atoms with Gasteiger partial charge in [0.15, 0.2) is 5.95 Å². The number of hydrogen-bond donors (Lipinski definition) is 2. The first-order valence-electron chi connectivity index (χ1n) is 4.83.